The number of hydrogen-bond donors (Lipinski definition) is 0. The van der Waals surface area contributed by atoms with Crippen molar-refractivity contribution in [2.45, 2.75) is 13.3 Å². The lowest BCUT2D eigenvalue weighted by molar-refractivity contribution is -0.240. The first kappa shape index (κ1) is 8.70. The molecule has 64 valence electrons. The van der Waals surface area contributed by atoms with E-state index in [4.69, 9.17) is 4.84 Å². The summed E-state index contributed by atoms with van der Waals surface area (Å²) in [5.74, 6) is 0. The molecule has 0 amide bonds. The van der Waals surface area contributed by atoms with Crippen molar-refractivity contribution in [2.75, 3.05) is 19.4 Å². The normalized spacial score (nSPS) is 18.5. The maximum atomic E-state index is 5.41. The molecule has 0 spiro atoms. The van der Waals surface area contributed by atoms with Gasteiger partial charge >= 0.3 is 0 Å². The van der Waals surface area contributed by atoms with Crippen LogP contribution in [0.15, 0.2) is 4.99 Å². The molecule has 0 radical (unpaired) electrons. The molecule has 0 saturated heterocycles. The van der Waals surface area contributed by atoms with Gasteiger partial charge in [-0.15, -0.1) is 0 Å². The van der Waals surface area contributed by atoms with Crippen LogP contribution in [0.1, 0.15) is 13.3 Å². The van der Waals surface area contributed by atoms with E-state index in [2.05, 4.69) is 11.9 Å². The SMILES string of the molecule is CCCON1CN=CN1C[SiH3]. The fourth-order valence-corrected chi connectivity index (χ4v) is 1.37. The van der Waals surface area contributed by atoms with Crippen LogP contribution in [0.25, 0.3) is 0 Å². The lowest BCUT2D eigenvalue weighted by Gasteiger charge is -2.24. The molecule has 1 heterocycles. The van der Waals surface area contributed by atoms with Gasteiger partial charge in [-0.25, -0.2) is 0 Å². The molecule has 0 atom stereocenters. The predicted octanol–water partition coefficient (Wildman–Crippen LogP) is -0.831. The van der Waals surface area contributed by atoms with Crippen LogP contribution >= 0.6 is 0 Å². The summed E-state index contributed by atoms with van der Waals surface area (Å²) in [5.41, 5.74) is 0. The van der Waals surface area contributed by atoms with Gasteiger partial charge in [-0.05, 0) is 6.42 Å². The molecule has 0 unspecified atom stereocenters. The number of hydrazine groups is 1. The molecule has 0 aliphatic carbocycles. The second kappa shape index (κ2) is 4.48. The Balaban J connectivity index is 2.23. The van der Waals surface area contributed by atoms with Gasteiger partial charge in [0.05, 0.1) is 6.61 Å². The third kappa shape index (κ3) is 2.28. The van der Waals surface area contributed by atoms with E-state index in [-0.39, 0.29) is 0 Å². The standard InChI is InChI=1S/C6H15N3OSi/c1-2-3-10-9-5-7-4-8(9)6-11/h4H,2-3,5-6H2,1,11H3. The van der Waals surface area contributed by atoms with E-state index in [1.54, 1.807) is 0 Å². The lowest BCUT2D eigenvalue weighted by atomic mass is 10.5. The summed E-state index contributed by atoms with van der Waals surface area (Å²) in [4.78, 5) is 9.51. The van der Waals surface area contributed by atoms with Crippen molar-refractivity contribution in [3.63, 3.8) is 0 Å². The fraction of sp³-hybridized carbons (Fsp3) is 0.833. The molecule has 1 aliphatic rings. The van der Waals surface area contributed by atoms with E-state index in [0.29, 0.717) is 6.67 Å². The highest BCUT2D eigenvalue weighted by molar-refractivity contribution is 6.09. The van der Waals surface area contributed by atoms with Gasteiger partial charge in [0.25, 0.3) is 0 Å². The first-order chi connectivity index (χ1) is 5.38. The average Bonchev–Trinajstić information content (AvgIpc) is 2.47. The molecule has 0 aromatic rings. The summed E-state index contributed by atoms with van der Waals surface area (Å²) in [5, 5.41) is 3.83. The summed E-state index contributed by atoms with van der Waals surface area (Å²) in [6.07, 6.45) is 3.93. The number of rotatable bonds is 4. The van der Waals surface area contributed by atoms with E-state index in [9.17, 15) is 0 Å². The minimum atomic E-state index is 0.655. The highest BCUT2D eigenvalue weighted by Crippen LogP contribution is 2.02. The molecule has 0 fully saturated rings. The zero-order valence-corrected chi connectivity index (χ0v) is 9.16. The van der Waals surface area contributed by atoms with Crippen molar-refractivity contribution < 1.29 is 4.84 Å². The van der Waals surface area contributed by atoms with Crippen LogP contribution in [-0.4, -0.2) is 46.2 Å². The highest BCUT2D eigenvalue weighted by Gasteiger charge is 2.14. The summed E-state index contributed by atoms with van der Waals surface area (Å²) in [6, 6.07) is 0. The van der Waals surface area contributed by atoms with Crippen molar-refractivity contribution >= 4 is 16.6 Å². The third-order valence-electron chi connectivity index (χ3n) is 1.47. The molecule has 1 aliphatic heterocycles. The molecule has 0 saturated carbocycles. The maximum absolute atomic E-state index is 5.41. The molecule has 0 aromatic heterocycles. The Labute approximate surface area is 70.2 Å². The summed E-state index contributed by atoms with van der Waals surface area (Å²) < 4.78 is 0. The Kier molecular flexibility index (Phi) is 3.54. The van der Waals surface area contributed by atoms with Crippen molar-refractivity contribution in [1.82, 2.24) is 10.2 Å². The monoisotopic (exact) mass is 173 g/mol. The van der Waals surface area contributed by atoms with Crippen LogP contribution in [0, 0.1) is 0 Å². The van der Waals surface area contributed by atoms with Gasteiger partial charge in [0.2, 0.25) is 0 Å². The van der Waals surface area contributed by atoms with Gasteiger partial charge in [0, 0.05) is 16.4 Å². The maximum Gasteiger partial charge on any atom is 0.137 e. The number of nitrogens with zero attached hydrogens (tertiary/aromatic N) is 3. The smallest absolute Gasteiger partial charge is 0.137 e. The Morgan fingerprint density at radius 2 is 2.55 bits per heavy atom. The summed E-state index contributed by atoms with van der Waals surface area (Å²) in [6.45, 7) is 3.53. The van der Waals surface area contributed by atoms with Crippen molar-refractivity contribution in [1.29, 1.82) is 0 Å². The third-order valence-corrected chi connectivity index (χ3v) is 2.12. The second-order valence-corrected chi connectivity index (χ2v) is 3.01. The van der Waals surface area contributed by atoms with Crippen LogP contribution < -0.4 is 0 Å². The molecule has 1 rings (SSSR count). The number of hydroxylamine groups is 1. The molecule has 0 bridgehead atoms. The molecule has 5 heteroatoms. The largest absolute Gasteiger partial charge is 0.277 e. The first-order valence-corrected chi connectivity index (χ1v) is 5.46. The predicted molar refractivity (Wildman–Crippen MR) is 48.1 cm³/mol. The minimum Gasteiger partial charge on any atom is -0.277 e. The highest BCUT2D eigenvalue weighted by atomic mass is 28.1. The van der Waals surface area contributed by atoms with E-state index >= 15 is 0 Å². The van der Waals surface area contributed by atoms with Crippen molar-refractivity contribution in [2.24, 2.45) is 4.99 Å². The summed E-state index contributed by atoms with van der Waals surface area (Å²) >= 11 is 0. The topological polar surface area (TPSA) is 28.1 Å². The van der Waals surface area contributed by atoms with E-state index in [0.717, 1.165) is 29.4 Å². The number of hydrogen-bond acceptors (Lipinski definition) is 4. The summed E-state index contributed by atoms with van der Waals surface area (Å²) in [7, 11) is 1.14. The van der Waals surface area contributed by atoms with Gasteiger partial charge in [-0.3, -0.25) is 14.8 Å². The van der Waals surface area contributed by atoms with E-state index in [1.807, 2.05) is 16.5 Å². The van der Waals surface area contributed by atoms with Crippen LogP contribution in [0.2, 0.25) is 0 Å². The number of aliphatic imine (C=N–C) groups is 1. The van der Waals surface area contributed by atoms with Crippen molar-refractivity contribution in [3.05, 3.63) is 0 Å². The van der Waals surface area contributed by atoms with Crippen LogP contribution in [-0.2, 0) is 4.84 Å². The molecule has 0 aromatic carbocycles. The Morgan fingerprint density at radius 1 is 1.73 bits per heavy atom. The van der Waals surface area contributed by atoms with Crippen molar-refractivity contribution in [3.8, 4) is 0 Å². The van der Waals surface area contributed by atoms with Crippen LogP contribution in [0.3, 0.4) is 0 Å². The van der Waals surface area contributed by atoms with Crippen LogP contribution in [0.4, 0.5) is 0 Å². The molecular formula is C6H15N3OSi. The Morgan fingerprint density at radius 3 is 3.18 bits per heavy atom. The zero-order chi connectivity index (χ0) is 8.10. The Bertz CT molecular complexity index is 142. The van der Waals surface area contributed by atoms with E-state index in [1.165, 1.54) is 0 Å². The zero-order valence-electron chi connectivity index (χ0n) is 7.16. The first-order valence-electron chi connectivity index (χ1n) is 4.05. The molecular weight excluding hydrogens is 158 g/mol. The van der Waals surface area contributed by atoms with Crippen LogP contribution in [0.5, 0.6) is 0 Å². The minimum absolute atomic E-state index is 0.655. The van der Waals surface area contributed by atoms with E-state index < -0.39 is 0 Å². The fourth-order valence-electron chi connectivity index (χ4n) is 0.890. The molecule has 4 nitrogen and oxygen atoms in total. The van der Waals surface area contributed by atoms with Gasteiger partial charge in [0.15, 0.2) is 0 Å². The molecule has 0 N–H and O–H groups in total. The van der Waals surface area contributed by atoms with Gasteiger partial charge in [0.1, 0.15) is 13.0 Å². The second-order valence-electron chi connectivity index (χ2n) is 2.38. The molecule has 11 heavy (non-hydrogen) atoms. The average molecular weight is 173 g/mol. The quantitative estimate of drug-likeness (QED) is 0.519. The lowest BCUT2D eigenvalue weighted by Crippen LogP contribution is -2.38. The van der Waals surface area contributed by atoms with Gasteiger partial charge in [-0.2, -0.15) is 0 Å². The van der Waals surface area contributed by atoms with Gasteiger partial charge < -0.3 is 0 Å². The Hall–Kier alpha value is -0.393. The van der Waals surface area contributed by atoms with Gasteiger partial charge in [-0.1, -0.05) is 12.1 Å².